The van der Waals surface area contributed by atoms with Gasteiger partial charge < -0.3 is 24.0 Å². The van der Waals surface area contributed by atoms with Crippen molar-refractivity contribution in [1.82, 2.24) is 4.90 Å². The number of anilines is 1. The summed E-state index contributed by atoms with van der Waals surface area (Å²) in [4.78, 5) is 16.2. The van der Waals surface area contributed by atoms with Crippen LogP contribution in [0.3, 0.4) is 0 Å². The molecule has 6 nitrogen and oxygen atoms in total. The molecule has 0 saturated carbocycles. The molecule has 150 valence electrons. The summed E-state index contributed by atoms with van der Waals surface area (Å²) in [5.41, 5.74) is 1.99. The number of nitrogens with zero attached hydrogens (tertiary/aromatic N) is 2. The minimum absolute atomic E-state index is 0.250. The Kier molecular flexibility index (Phi) is 6.29. The monoisotopic (exact) mass is 384 g/mol. The van der Waals surface area contributed by atoms with Gasteiger partial charge in [-0.3, -0.25) is 0 Å². The third-order valence-electron chi connectivity index (χ3n) is 5.43. The lowest BCUT2D eigenvalue weighted by atomic mass is 9.92. The van der Waals surface area contributed by atoms with Crippen molar-refractivity contribution in [3.63, 3.8) is 0 Å². The molecule has 6 heteroatoms. The van der Waals surface area contributed by atoms with Crippen molar-refractivity contribution in [2.45, 2.75) is 19.6 Å². The zero-order valence-electron chi connectivity index (χ0n) is 16.9. The number of ether oxygens (including phenoxy) is 3. The maximum absolute atomic E-state index is 12.2. The van der Waals surface area contributed by atoms with Crippen molar-refractivity contribution >= 4 is 11.8 Å². The van der Waals surface area contributed by atoms with Gasteiger partial charge in [0.15, 0.2) is 0 Å². The number of methoxy groups -OCH3 is 2. The van der Waals surface area contributed by atoms with E-state index in [2.05, 4.69) is 11.8 Å². The third kappa shape index (κ3) is 4.32. The molecule has 1 aliphatic heterocycles. The second kappa shape index (κ2) is 8.87. The maximum atomic E-state index is 12.2. The van der Waals surface area contributed by atoms with Crippen molar-refractivity contribution < 1.29 is 19.0 Å². The van der Waals surface area contributed by atoms with E-state index < -0.39 is 0 Å². The molecule has 0 unspecified atom stereocenters. The van der Waals surface area contributed by atoms with E-state index in [1.165, 1.54) is 0 Å². The van der Waals surface area contributed by atoms with Gasteiger partial charge in [0.25, 0.3) is 0 Å². The number of amides is 1. The highest BCUT2D eigenvalue weighted by molar-refractivity contribution is 5.69. The van der Waals surface area contributed by atoms with E-state index >= 15 is 0 Å². The first-order valence-electron chi connectivity index (χ1n) is 9.44. The van der Waals surface area contributed by atoms with E-state index in [1.54, 1.807) is 19.1 Å². The molecule has 1 fully saturated rings. The molecule has 0 aliphatic carbocycles. The quantitative estimate of drug-likeness (QED) is 0.727. The first-order chi connectivity index (χ1) is 13.5. The van der Waals surface area contributed by atoms with Crippen LogP contribution in [0.25, 0.3) is 0 Å². The van der Waals surface area contributed by atoms with E-state index in [9.17, 15) is 4.79 Å². The smallest absolute Gasteiger partial charge is 0.410 e. The van der Waals surface area contributed by atoms with Crippen molar-refractivity contribution in [1.29, 1.82) is 0 Å². The van der Waals surface area contributed by atoms with Crippen LogP contribution >= 0.6 is 0 Å². The lowest BCUT2D eigenvalue weighted by Gasteiger charge is -2.45. The minimum atomic E-state index is -0.253. The molecule has 28 heavy (non-hydrogen) atoms. The largest absolute Gasteiger partial charge is 0.497 e. The standard InChI is InChI=1S/C22H28N2O4/c1-16(23(2)20-11-10-19(26-3)12-21(20)27-4)18-13-24(14-18)22(25)28-15-17-8-6-5-7-9-17/h5-12,16,18H,13-15H2,1-4H3/t16-/m0/s1. The molecular weight excluding hydrogens is 356 g/mol. The Labute approximate surface area is 166 Å². The Hall–Kier alpha value is -2.89. The Balaban J connectivity index is 1.53. The molecule has 1 atom stereocenters. The SMILES string of the molecule is COc1ccc(N(C)[C@@H](C)C2CN(C(=O)OCc3ccccc3)C2)c(OC)c1. The van der Waals surface area contributed by atoms with Crippen molar-refractivity contribution in [2.75, 3.05) is 39.3 Å². The van der Waals surface area contributed by atoms with Crippen LogP contribution in [0.15, 0.2) is 48.5 Å². The van der Waals surface area contributed by atoms with Crippen LogP contribution in [0.2, 0.25) is 0 Å². The average Bonchev–Trinajstić information content (AvgIpc) is 2.70. The predicted octanol–water partition coefficient (Wildman–Crippen LogP) is 3.80. The van der Waals surface area contributed by atoms with E-state index in [-0.39, 0.29) is 12.1 Å². The maximum Gasteiger partial charge on any atom is 0.410 e. The van der Waals surface area contributed by atoms with Crippen LogP contribution in [-0.2, 0) is 11.3 Å². The van der Waals surface area contributed by atoms with Gasteiger partial charge in [-0.1, -0.05) is 30.3 Å². The number of carbonyl (C=O) groups is 1. The van der Waals surface area contributed by atoms with Crippen LogP contribution in [0.1, 0.15) is 12.5 Å². The summed E-state index contributed by atoms with van der Waals surface area (Å²) >= 11 is 0. The van der Waals surface area contributed by atoms with Gasteiger partial charge in [-0.05, 0) is 24.6 Å². The van der Waals surface area contributed by atoms with Crippen molar-refractivity contribution in [2.24, 2.45) is 5.92 Å². The second-order valence-corrected chi connectivity index (χ2v) is 7.09. The van der Waals surface area contributed by atoms with Crippen LogP contribution in [0.5, 0.6) is 11.5 Å². The van der Waals surface area contributed by atoms with Gasteiger partial charge in [0.05, 0.1) is 19.9 Å². The van der Waals surface area contributed by atoms with E-state index in [0.29, 0.717) is 25.6 Å². The predicted molar refractivity (Wildman–Crippen MR) is 109 cm³/mol. The van der Waals surface area contributed by atoms with E-state index in [0.717, 1.165) is 22.7 Å². The molecule has 0 spiro atoms. The second-order valence-electron chi connectivity index (χ2n) is 7.09. The highest BCUT2D eigenvalue weighted by Gasteiger charge is 2.37. The van der Waals surface area contributed by atoms with Gasteiger partial charge >= 0.3 is 6.09 Å². The molecule has 0 aromatic heterocycles. The average molecular weight is 384 g/mol. The Morgan fingerprint density at radius 1 is 1.14 bits per heavy atom. The molecule has 1 aliphatic rings. The van der Waals surface area contributed by atoms with Gasteiger partial charge in [-0.25, -0.2) is 4.79 Å². The van der Waals surface area contributed by atoms with Gasteiger partial charge in [0.1, 0.15) is 18.1 Å². The summed E-state index contributed by atoms with van der Waals surface area (Å²) in [5, 5.41) is 0. The zero-order valence-corrected chi connectivity index (χ0v) is 16.9. The Morgan fingerprint density at radius 2 is 1.86 bits per heavy atom. The Morgan fingerprint density at radius 3 is 2.50 bits per heavy atom. The number of rotatable bonds is 7. The molecular formula is C22H28N2O4. The molecule has 0 bridgehead atoms. The fourth-order valence-electron chi connectivity index (χ4n) is 3.39. The Bertz CT molecular complexity index is 790. The normalized spacial score (nSPS) is 14.8. The summed E-state index contributed by atoms with van der Waals surface area (Å²) in [7, 11) is 5.34. The van der Waals surface area contributed by atoms with E-state index in [4.69, 9.17) is 14.2 Å². The van der Waals surface area contributed by atoms with Crippen LogP contribution in [0.4, 0.5) is 10.5 Å². The number of hydrogen-bond acceptors (Lipinski definition) is 5. The van der Waals surface area contributed by atoms with Gasteiger partial charge in [-0.15, -0.1) is 0 Å². The van der Waals surface area contributed by atoms with Crippen LogP contribution in [-0.4, -0.2) is 51.4 Å². The molecule has 1 saturated heterocycles. The van der Waals surface area contributed by atoms with Crippen LogP contribution < -0.4 is 14.4 Å². The fourth-order valence-corrected chi connectivity index (χ4v) is 3.39. The molecule has 0 N–H and O–H groups in total. The summed E-state index contributed by atoms with van der Waals surface area (Å²) in [6.45, 7) is 3.86. The van der Waals surface area contributed by atoms with Gasteiger partial charge in [-0.2, -0.15) is 0 Å². The highest BCUT2D eigenvalue weighted by Crippen LogP contribution is 2.35. The molecule has 3 rings (SSSR count). The number of likely N-dealkylation sites (tertiary alicyclic amines) is 1. The summed E-state index contributed by atoms with van der Waals surface area (Å²) in [6, 6.07) is 15.8. The first-order valence-corrected chi connectivity index (χ1v) is 9.44. The van der Waals surface area contributed by atoms with Gasteiger partial charge in [0.2, 0.25) is 0 Å². The number of carbonyl (C=O) groups excluding carboxylic acids is 1. The topological polar surface area (TPSA) is 51.2 Å². The molecule has 2 aromatic carbocycles. The zero-order chi connectivity index (χ0) is 20.1. The van der Waals surface area contributed by atoms with Crippen molar-refractivity contribution in [3.8, 4) is 11.5 Å². The number of benzene rings is 2. The molecule has 2 aromatic rings. The van der Waals surface area contributed by atoms with Crippen LogP contribution in [0, 0.1) is 5.92 Å². The summed E-state index contributed by atoms with van der Waals surface area (Å²) in [5.74, 6) is 1.91. The molecule has 0 radical (unpaired) electrons. The highest BCUT2D eigenvalue weighted by atomic mass is 16.6. The molecule has 1 amide bonds. The fraction of sp³-hybridized carbons (Fsp3) is 0.409. The number of hydrogen-bond donors (Lipinski definition) is 0. The summed E-state index contributed by atoms with van der Waals surface area (Å²) < 4.78 is 16.2. The lowest BCUT2D eigenvalue weighted by molar-refractivity contribution is 0.0433. The van der Waals surface area contributed by atoms with E-state index in [1.807, 2.05) is 55.6 Å². The lowest BCUT2D eigenvalue weighted by Crippen LogP contribution is -2.57. The summed E-state index contributed by atoms with van der Waals surface area (Å²) in [6.07, 6.45) is -0.253. The third-order valence-corrected chi connectivity index (χ3v) is 5.43. The first kappa shape index (κ1) is 19.9. The van der Waals surface area contributed by atoms with Crippen molar-refractivity contribution in [3.05, 3.63) is 54.1 Å². The van der Waals surface area contributed by atoms with Gasteiger partial charge in [0, 0.05) is 38.2 Å². The molecule has 1 heterocycles. The minimum Gasteiger partial charge on any atom is -0.497 e.